The highest BCUT2D eigenvalue weighted by atomic mass is 32.2. The van der Waals surface area contributed by atoms with Crippen molar-refractivity contribution < 1.29 is 31.6 Å². The summed E-state index contributed by atoms with van der Waals surface area (Å²) in [6.45, 7) is 11.3. The van der Waals surface area contributed by atoms with Gasteiger partial charge in [0.05, 0.1) is 19.0 Å². The second-order valence-electron chi connectivity index (χ2n) is 14.2. The summed E-state index contributed by atoms with van der Waals surface area (Å²) in [6, 6.07) is 0. The van der Waals surface area contributed by atoms with E-state index in [4.69, 9.17) is 18.4 Å². The minimum atomic E-state index is -3.67. The first-order chi connectivity index (χ1) is 17.8. The second kappa shape index (κ2) is 9.02. The predicted octanol–water partition coefficient (Wildman–Crippen LogP) is 5.24. The third kappa shape index (κ3) is 4.14. The Labute approximate surface area is 228 Å². The van der Waals surface area contributed by atoms with Crippen molar-refractivity contribution in [3.63, 3.8) is 0 Å². The van der Waals surface area contributed by atoms with E-state index < -0.39 is 22.0 Å². The standard InChI is InChI=1S/C30H46O7S/c1-17-15-30(34-16-17)27(37-38(6,32)33)18(2)26-25(36-30)14-24-22-8-7-20-13-21(35-19(3)31)9-11-28(20,4)23(22)10-12-29(24,26)5/h7,17-18,21-27H,8-16H2,1-6H3/t17-,18+,21+,22-,23+,24+,25+,26+,27-,28+,29+,30-/m1/s1. The Morgan fingerprint density at radius 1 is 1.13 bits per heavy atom. The first-order valence-electron chi connectivity index (χ1n) is 14.8. The molecule has 3 saturated carbocycles. The van der Waals surface area contributed by atoms with Crippen LogP contribution in [0.2, 0.25) is 0 Å². The molecule has 7 nitrogen and oxygen atoms in total. The van der Waals surface area contributed by atoms with Gasteiger partial charge in [-0.25, -0.2) is 0 Å². The molecular weight excluding hydrogens is 504 g/mol. The molecule has 0 bridgehead atoms. The maximum absolute atomic E-state index is 12.4. The molecule has 0 amide bonds. The van der Waals surface area contributed by atoms with Crippen LogP contribution in [-0.4, -0.2) is 51.3 Å². The molecule has 12 atom stereocenters. The molecule has 1 spiro atoms. The molecule has 6 rings (SSSR count). The molecule has 6 aliphatic rings. The van der Waals surface area contributed by atoms with E-state index in [0.29, 0.717) is 36.7 Å². The molecule has 2 saturated heterocycles. The van der Waals surface area contributed by atoms with Gasteiger partial charge in [-0.05, 0) is 84.9 Å². The van der Waals surface area contributed by atoms with E-state index in [1.807, 2.05) is 0 Å². The van der Waals surface area contributed by atoms with Gasteiger partial charge in [-0.2, -0.15) is 8.42 Å². The summed E-state index contributed by atoms with van der Waals surface area (Å²) in [5, 5.41) is 0. The van der Waals surface area contributed by atoms with Crippen LogP contribution in [0.3, 0.4) is 0 Å². The Balaban J connectivity index is 1.30. The highest BCUT2D eigenvalue weighted by molar-refractivity contribution is 7.86. The van der Waals surface area contributed by atoms with Gasteiger partial charge in [0.25, 0.3) is 10.1 Å². The van der Waals surface area contributed by atoms with Gasteiger partial charge >= 0.3 is 5.97 Å². The van der Waals surface area contributed by atoms with Gasteiger partial charge in [0.2, 0.25) is 0 Å². The number of ether oxygens (including phenoxy) is 3. The smallest absolute Gasteiger partial charge is 0.302 e. The Bertz CT molecular complexity index is 1120. The highest BCUT2D eigenvalue weighted by Gasteiger charge is 2.68. The lowest BCUT2D eigenvalue weighted by molar-refractivity contribution is -0.323. The van der Waals surface area contributed by atoms with Crippen molar-refractivity contribution in [3.05, 3.63) is 11.6 Å². The molecule has 0 aromatic carbocycles. The summed E-state index contributed by atoms with van der Waals surface area (Å²) in [4.78, 5) is 11.6. The van der Waals surface area contributed by atoms with Crippen LogP contribution in [0, 0.1) is 46.3 Å². The monoisotopic (exact) mass is 550 g/mol. The van der Waals surface area contributed by atoms with Gasteiger partial charge in [0, 0.05) is 19.8 Å². The molecule has 0 aromatic heterocycles. The van der Waals surface area contributed by atoms with Crippen LogP contribution in [0.5, 0.6) is 0 Å². The van der Waals surface area contributed by atoms with Gasteiger partial charge in [-0.3, -0.25) is 8.98 Å². The summed E-state index contributed by atoms with van der Waals surface area (Å²) >= 11 is 0. The largest absolute Gasteiger partial charge is 0.462 e. The van der Waals surface area contributed by atoms with Crippen molar-refractivity contribution in [2.75, 3.05) is 12.9 Å². The summed E-state index contributed by atoms with van der Waals surface area (Å²) in [5.41, 5.74) is 1.73. The van der Waals surface area contributed by atoms with Gasteiger partial charge in [-0.15, -0.1) is 0 Å². The van der Waals surface area contributed by atoms with Crippen molar-refractivity contribution in [1.82, 2.24) is 0 Å². The first-order valence-corrected chi connectivity index (χ1v) is 16.6. The number of allylic oxidation sites excluding steroid dienone is 1. The lowest BCUT2D eigenvalue weighted by Gasteiger charge is -2.59. The van der Waals surface area contributed by atoms with E-state index in [1.165, 1.54) is 18.9 Å². The van der Waals surface area contributed by atoms with E-state index in [-0.39, 0.29) is 40.8 Å². The zero-order valence-corrected chi connectivity index (χ0v) is 24.7. The zero-order valence-electron chi connectivity index (χ0n) is 23.9. The summed E-state index contributed by atoms with van der Waals surface area (Å²) in [7, 11) is -3.67. The normalized spacial score (nSPS) is 51.9. The predicted molar refractivity (Wildman–Crippen MR) is 142 cm³/mol. The summed E-state index contributed by atoms with van der Waals surface area (Å²) in [5.74, 6) is 1.13. The fourth-order valence-electron chi connectivity index (χ4n) is 10.5. The van der Waals surface area contributed by atoms with Crippen LogP contribution in [0.25, 0.3) is 0 Å². The maximum atomic E-state index is 12.4. The number of esters is 1. The fourth-order valence-corrected chi connectivity index (χ4v) is 11.2. The van der Waals surface area contributed by atoms with E-state index >= 15 is 0 Å². The lowest BCUT2D eigenvalue weighted by atomic mass is 9.46. The quantitative estimate of drug-likeness (QED) is 0.270. The van der Waals surface area contributed by atoms with Crippen LogP contribution >= 0.6 is 0 Å². The number of hydrogen-bond acceptors (Lipinski definition) is 7. The molecule has 4 aliphatic carbocycles. The Kier molecular flexibility index (Phi) is 6.46. The molecule has 2 heterocycles. The van der Waals surface area contributed by atoms with E-state index in [1.54, 1.807) is 0 Å². The molecule has 5 fully saturated rings. The number of carbonyl (C=O) groups excluding carboxylic acids is 1. The van der Waals surface area contributed by atoms with Gasteiger partial charge in [0.15, 0.2) is 5.79 Å². The van der Waals surface area contributed by atoms with Crippen molar-refractivity contribution in [2.45, 2.75) is 110 Å². The van der Waals surface area contributed by atoms with E-state index in [2.05, 4.69) is 33.8 Å². The average Bonchev–Trinajstić information content (AvgIpc) is 3.33. The van der Waals surface area contributed by atoms with Crippen LogP contribution in [0.1, 0.15) is 86.0 Å². The molecule has 0 N–H and O–H groups in total. The third-order valence-corrected chi connectivity index (χ3v) is 12.4. The Morgan fingerprint density at radius 3 is 2.55 bits per heavy atom. The maximum Gasteiger partial charge on any atom is 0.302 e. The SMILES string of the molecule is CC(=O)O[C@H]1CC[C@@]2(C)C(=CC[C@H]3[C@@H]4C[C@@H]5O[C@]6(C[C@@H](C)CO6)[C@H](OS(C)(=O)=O)[C@@H](C)[C@@H]5[C@@]4(C)CC[C@@H]32)C1. The first kappa shape index (κ1) is 27.2. The van der Waals surface area contributed by atoms with Crippen molar-refractivity contribution in [2.24, 2.45) is 46.3 Å². The minimum Gasteiger partial charge on any atom is -0.462 e. The minimum absolute atomic E-state index is 0.0117. The van der Waals surface area contributed by atoms with Gasteiger partial charge in [0.1, 0.15) is 12.2 Å². The summed E-state index contributed by atoms with van der Waals surface area (Å²) in [6.07, 6.45) is 11.0. The van der Waals surface area contributed by atoms with Crippen LogP contribution in [0.15, 0.2) is 11.6 Å². The number of fused-ring (bicyclic) bond motifs is 7. The van der Waals surface area contributed by atoms with Crippen LogP contribution in [0.4, 0.5) is 0 Å². The summed E-state index contributed by atoms with van der Waals surface area (Å²) < 4.78 is 49.4. The number of rotatable bonds is 3. The third-order valence-electron chi connectivity index (χ3n) is 11.8. The molecule has 8 heteroatoms. The fraction of sp³-hybridized carbons (Fsp3) is 0.900. The molecule has 38 heavy (non-hydrogen) atoms. The topological polar surface area (TPSA) is 88.1 Å². The van der Waals surface area contributed by atoms with Crippen LogP contribution < -0.4 is 0 Å². The number of carbonyl (C=O) groups is 1. The molecular formula is C30H46O7S. The highest BCUT2D eigenvalue weighted by Crippen LogP contribution is 2.69. The average molecular weight is 551 g/mol. The second-order valence-corrected chi connectivity index (χ2v) is 15.8. The Hall–Kier alpha value is -0.960. The molecule has 0 aromatic rings. The van der Waals surface area contributed by atoms with Crippen LogP contribution in [-0.2, 0) is 33.3 Å². The van der Waals surface area contributed by atoms with Gasteiger partial charge in [-0.1, -0.05) is 39.3 Å². The lowest BCUT2D eigenvalue weighted by Crippen LogP contribution is -2.61. The molecule has 2 aliphatic heterocycles. The molecule has 214 valence electrons. The zero-order chi connectivity index (χ0) is 27.3. The van der Waals surface area contributed by atoms with Gasteiger partial charge < -0.3 is 14.2 Å². The van der Waals surface area contributed by atoms with Crippen molar-refractivity contribution in [3.8, 4) is 0 Å². The molecule has 0 radical (unpaired) electrons. The molecule has 0 unspecified atom stereocenters. The van der Waals surface area contributed by atoms with Crippen molar-refractivity contribution in [1.29, 1.82) is 0 Å². The van der Waals surface area contributed by atoms with Crippen molar-refractivity contribution >= 4 is 16.1 Å². The van der Waals surface area contributed by atoms with E-state index in [0.717, 1.165) is 44.8 Å². The number of hydrogen-bond donors (Lipinski definition) is 0. The Morgan fingerprint density at radius 2 is 1.89 bits per heavy atom. The van der Waals surface area contributed by atoms with E-state index in [9.17, 15) is 13.2 Å².